The fourth-order valence-corrected chi connectivity index (χ4v) is 2.51. The summed E-state index contributed by atoms with van der Waals surface area (Å²) < 4.78 is 13.2. The Labute approximate surface area is 113 Å². The van der Waals surface area contributed by atoms with Crippen LogP contribution in [0.25, 0.3) is 0 Å². The number of piperidine rings is 1. The first kappa shape index (κ1) is 14.0. The summed E-state index contributed by atoms with van der Waals surface area (Å²) in [4.78, 5) is 14.1. The molecule has 0 aromatic heterocycles. The van der Waals surface area contributed by atoms with Gasteiger partial charge in [0.15, 0.2) is 0 Å². The van der Waals surface area contributed by atoms with E-state index in [1.165, 1.54) is 12.1 Å². The molecule has 0 spiro atoms. The van der Waals surface area contributed by atoms with Gasteiger partial charge >= 0.3 is 0 Å². The highest BCUT2D eigenvalue weighted by Gasteiger charge is 2.28. The second kappa shape index (κ2) is 6.15. The van der Waals surface area contributed by atoms with Crippen molar-refractivity contribution in [2.45, 2.75) is 45.3 Å². The third-order valence-corrected chi connectivity index (χ3v) is 3.33. The first-order valence-electron chi connectivity index (χ1n) is 6.85. The molecule has 1 aromatic carbocycles. The molecular weight excluding hydrogens is 243 g/mol. The molecule has 1 unspecified atom stereocenters. The Hall–Kier alpha value is -1.42. The van der Waals surface area contributed by atoms with Crippen molar-refractivity contribution in [2.75, 3.05) is 6.54 Å². The van der Waals surface area contributed by atoms with Crippen LogP contribution in [0, 0.1) is 5.82 Å². The summed E-state index contributed by atoms with van der Waals surface area (Å²) >= 11 is 0. The molecule has 1 aliphatic heterocycles. The molecule has 1 N–H and O–H groups in total. The highest BCUT2D eigenvalue weighted by Crippen LogP contribution is 2.16. The van der Waals surface area contributed by atoms with Crippen LogP contribution in [0.5, 0.6) is 0 Å². The molecule has 1 amide bonds. The molecule has 1 heterocycles. The predicted octanol–water partition coefficient (Wildman–Crippen LogP) is 2.31. The number of hydrogen-bond acceptors (Lipinski definition) is 2. The predicted molar refractivity (Wildman–Crippen MR) is 73.1 cm³/mol. The van der Waals surface area contributed by atoms with E-state index < -0.39 is 0 Å². The van der Waals surface area contributed by atoms with Gasteiger partial charge in [0.1, 0.15) is 5.82 Å². The van der Waals surface area contributed by atoms with Crippen molar-refractivity contribution >= 4 is 5.91 Å². The van der Waals surface area contributed by atoms with E-state index in [1.54, 1.807) is 6.07 Å². The van der Waals surface area contributed by atoms with Gasteiger partial charge in [0.25, 0.3) is 0 Å². The number of carbonyl (C=O) groups excluding carboxylic acids is 1. The summed E-state index contributed by atoms with van der Waals surface area (Å²) in [5.74, 6) is -0.122. The van der Waals surface area contributed by atoms with Gasteiger partial charge in [-0.25, -0.2) is 4.39 Å². The van der Waals surface area contributed by atoms with Gasteiger partial charge in [0.2, 0.25) is 5.91 Å². The number of rotatable bonds is 4. The molecule has 1 saturated heterocycles. The molecule has 0 aliphatic carbocycles. The minimum Gasteiger partial charge on any atom is -0.337 e. The first-order chi connectivity index (χ1) is 9.06. The normalized spacial score (nSPS) is 20.1. The maximum Gasteiger partial charge on any atom is 0.240 e. The maximum absolute atomic E-state index is 13.2. The SMILES string of the molecule is CC(C)NC1CCCN(Cc2cccc(F)c2)C1=O. The van der Waals surface area contributed by atoms with Gasteiger partial charge in [-0.05, 0) is 30.5 Å². The van der Waals surface area contributed by atoms with Crippen molar-refractivity contribution in [2.24, 2.45) is 0 Å². The van der Waals surface area contributed by atoms with Crippen molar-refractivity contribution in [3.8, 4) is 0 Å². The second-order valence-electron chi connectivity index (χ2n) is 5.41. The molecule has 0 saturated carbocycles. The molecule has 0 radical (unpaired) electrons. The summed E-state index contributed by atoms with van der Waals surface area (Å²) in [7, 11) is 0. The maximum atomic E-state index is 13.2. The van der Waals surface area contributed by atoms with Gasteiger partial charge in [-0.3, -0.25) is 4.79 Å². The van der Waals surface area contributed by atoms with Gasteiger partial charge in [-0.2, -0.15) is 0 Å². The first-order valence-corrected chi connectivity index (χ1v) is 6.85. The summed E-state index contributed by atoms with van der Waals surface area (Å²) in [5.41, 5.74) is 0.846. The van der Waals surface area contributed by atoms with E-state index in [0.717, 1.165) is 24.9 Å². The number of amides is 1. The minimum atomic E-state index is -0.251. The Morgan fingerprint density at radius 2 is 2.26 bits per heavy atom. The third-order valence-electron chi connectivity index (χ3n) is 3.33. The van der Waals surface area contributed by atoms with E-state index in [0.29, 0.717) is 12.6 Å². The van der Waals surface area contributed by atoms with Crippen LogP contribution in [0.15, 0.2) is 24.3 Å². The number of halogens is 1. The van der Waals surface area contributed by atoms with E-state index in [9.17, 15) is 9.18 Å². The smallest absolute Gasteiger partial charge is 0.240 e. The van der Waals surface area contributed by atoms with E-state index in [1.807, 2.05) is 24.8 Å². The van der Waals surface area contributed by atoms with Gasteiger partial charge in [-0.15, -0.1) is 0 Å². The molecule has 1 fully saturated rings. The zero-order chi connectivity index (χ0) is 13.8. The topological polar surface area (TPSA) is 32.3 Å². The zero-order valence-corrected chi connectivity index (χ0v) is 11.5. The van der Waals surface area contributed by atoms with Crippen LogP contribution < -0.4 is 5.32 Å². The van der Waals surface area contributed by atoms with Crippen LogP contribution in [0.3, 0.4) is 0 Å². The van der Waals surface area contributed by atoms with Crippen LogP contribution in [0.4, 0.5) is 4.39 Å². The lowest BCUT2D eigenvalue weighted by Crippen LogP contribution is -2.51. The van der Waals surface area contributed by atoms with Crippen LogP contribution in [0.2, 0.25) is 0 Å². The molecule has 2 rings (SSSR count). The number of benzene rings is 1. The lowest BCUT2D eigenvalue weighted by Gasteiger charge is -2.33. The Bertz CT molecular complexity index is 448. The van der Waals surface area contributed by atoms with E-state index in [2.05, 4.69) is 5.32 Å². The quantitative estimate of drug-likeness (QED) is 0.905. The summed E-state index contributed by atoms with van der Waals surface area (Å²) in [6, 6.07) is 6.65. The monoisotopic (exact) mass is 264 g/mol. The lowest BCUT2D eigenvalue weighted by molar-refractivity contribution is -0.136. The summed E-state index contributed by atoms with van der Waals surface area (Å²) in [6.07, 6.45) is 1.88. The van der Waals surface area contributed by atoms with Crippen LogP contribution in [-0.4, -0.2) is 29.4 Å². The Balaban J connectivity index is 2.01. The molecular formula is C15H21FN2O. The van der Waals surface area contributed by atoms with Crippen molar-refractivity contribution in [1.29, 1.82) is 0 Å². The molecule has 3 nitrogen and oxygen atoms in total. The van der Waals surface area contributed by atoms with Crippen molar-refractivity contribution in [3.63, 3.8) is 0 Å². The van der Waals surface area contributed by atoms with Crippen LogP contribution in [-0.2, 0) is 11.3 Å². The Kier molecular flexibility index (Phi) is 4.53. The molecule has 0 bridgehead atoms. The van der Waals surface area contributed by atoms with Crippen molar-refractivity contribution < 1.29 is 9.18 Å². The standard InChI is InChI=1S/C15H21FN2O/c1-11(2)17-14-7-4-8-18(15(14)19)10-12-5-3-6-13(16)9-12/h3,5-6,9,11,14,17H,4,7-8,10H2,1-2H3. The molecule has 4 heteroatoms. The molecule has 1 aliphatic rings. The van der Waals surface area contributed by atoms with E-state index in [4.69, 9.17) is 0 Å². The third kappa shape index (κ3) is 3.77. The van der Waals surface area contributed by atoms with E-state index >= 15 is 0 Å². The van der Waals surface area contributed by atoms with Gasteiger partial charge in [0, 0.05) is 19.1 Å². The van der Waals surface area contributed by atoms with Crippen LogP contribution in [0.1, 0.15) is 32.3 Å². The average Bonchev–Trinajstić information content (AvgIpc) is 2.34. The average molecular weight is 264 g/mol. The van der Waals surface area contributed by atoms with E-state index in [-0.39, 0.29) is 17.8 Å². The lowest BCUT2D eigenvalue weighted by atomic mass is 10.0. The van der Waals surface area contributed by atoms with Gasteiger partial charge < -0.3 is 10.2 Å². The molecule has 1 aromatic rings. The fraction of sp³-hybridized carbons (Fsp3) is 0.533. The molecule has 1 atom stereocenters. The zero-order valence-electron chi connectivity index (χ0n) is 11.5. The Morgan fingerprint density at radius 3 is 2.95 bits per heavy atom. The summed E-state index contributed by atoms with van der Waals surface area (Å²) in [6.45, 7) is 5.33. The van der Waals surface area contributed by atoms with Crippen molar-refractivity contribution in [1.82, 2.24) is 10.2 Å². The number of carbonyl (C=O) groups is 1. The molecule has 104 valence electrons. The highest BCUT2D eigenvalue weighted by molar-refractivity contribution is 5.82. The largest absolute Gasteiger partial charge is 0.337 e. The highest BCUT2D eigenvalue weighted by atomic mass is 19.1. The second-order valence-corrected chi connectivity index (χ2v) is 5.41. The Morgan fingerprint density at radius 1 is 1.47 bits per heavy atom. The summed E-state index contributed by atoms with van der Waals surface area (Å²) in [5, 5.41) is 3.29. The van der Waals surface area contributed by atoms with Gasteiger partial charge in [-0.1, -0.05) is 26.0 Å². The van der Waals surface area contributed by atoms with Crippen molar-refractivity contribution in [3.05, 3.63) is 35.6 Å². The van der Waals surface area contributed by atoms with Gasteiger partial charge in [0.05, 0.1) is 6.04 Å². The minimum absolute atomic E-state index is 0.0951. The number of likely N-dealkylation sites (tertiary alicyclic amines) is 1. The van der Waals surface area contributed by atoms with Crippen LogP contribution >= 0.6 is 0 Å². The fourth-order valence-electron chi connectivity index (χ4n) is 2.51. The number of nitrogens with one attached hydrogen (secondary N) is 1. The number of nitrogens with zero attached hydrogens (tertiary/aromatic N) is 1. The molecule has 19 heavy (non-hydrogen) atoms. The number of hydrogen-bond donors (Lipinski definition) is 1.